The Balaban J connectivity index is 1.74. The molecule has 2 heterocycles. The Hall–Kier alpha value is -3.10. The van der Waals surface area contributed by atoms with Gasteiger partial charge in [0.1, 0.15) is 17.4 Å². The largest absolute Gasteiger partial charge is 0.497 e. The van der Waals surface area contributed by atoms with Crippen LogP contribution in [0.4, 0.5) is 5.95 Å². The zero-order chi connectivity index (χ0) is 18.1. The second-order valence-electron chi connectivity index (χ2n) is 6.38. The molecule has 0 bridgehead atoms. The van der Waals surface area contributed by atoms with E-state index < -0.39 is 5.91 Å². The molecule has 0 radical (unpaired) electrons. The zero-order valence-electron chi connectivity index (χ0n) is 14.5. The number of nitrogens with one attached hydrogen (secondary N) is 2. The lowest BCUT2D eigenvalue weighted by atomic mass is 10.1. The van der Waals surface area contributed by atoms with Crippen molar-refractivity contribution < 1.29 is 18.7 Å². The molecule has 0 spiro atoms. The number of amides is 1. The number of aromatic nitrogens is 4. The fourth-order valence-electron chi connectivity index (χ4n) is 3.26. The molecule has 2 atom stereocenters. The lowest BCUT2D eigenvalue weighted by Crippen LogP contribution is -2.21. The van der Waals surface area contributed by atoms with Crippen LogP contribution in [0.15, 0.2) is 22.6 Å². The van der Waals surface area contributed by atoms with Crippen molar-refractivity contribution in [2.24, 2.45) is 5.92 Å². The van der Waals surface area contributed by atoms with Gasteiger partial charge in [0.15, 0.2) is 5.75 Å². The summed E-state index contributed by atoms with van der Waals surface area (Å²) in [6.45, 7) is 2.15. The minimum atomic E-state index is -0.498. The molecule has 1 aromatic carbocycles. The molecule has 26 heavy (non-hydrogen) atoms. The molecular weight excluding hydrogens is 338 g/mol. The average Bonchev–Trinajstić information content (AvgIpc) is 3.37. The number of H-pyrrole nitrogens is 1. The molecule has 2 aromatic heterocycles. The van der Waals surface area contributed by atoms with Gasteiger partial charge in [0.25, 0.3) is 11.9 Å². The predicted molar refractivity (Wildman–Crippen MR) is 92.3 cm³/mol. The highest BCUT2D eigenvalue weighted by atomic mass is 16.5. The van der Waals surface area contributed by atoms with Crippen LogP contribution in [-0.4, -0.2) is 39.7 Å². The Morgan fingerprint density at radius 1 is 1.38 bits per heavy atom. The Bertz CT molecular complexity index is 921. The quantitative estimate of drug-likeness (QED) is 0.721. The summed E-state index contributed by atoms with van der Waals surface area (Å²) in [6.07, 6.45) is 3.20. The molecule has 136 valence electrons. The van der Waals surface area contributed by atoms with E-state index in [9.17, 15) is 4.79 Å². The maximum atomic E-state index is 12.7. The third kappa shape index (κ3) is 2.96. The Labute approximate surface area is 149 Å². The topological polar surface area (TPSA) is 115 Å². The summed E-state index contributed by atoms with van der Waals surface area (Å²) in [4.78, 5) is 12.7. The van der Waals surface area contributed by atoms with Gasteiger partial charge >= 0.3 is 0 Å². The minimum Gasteiger partial charge on any atom is -0.497 e. The van der Waals surface area contributed by atoms with Gasteiger partial charge in [-0.25, -0.2) is 0 Å². The van der Waals surface area contributed by atoms with E-state index in [1.807, 2.05) is 0 Å². The molecule has 3 aromatic rings. The number of fused-ring (bicyclic) bond motifs is 1. The maximum Gasteiger partial charge on any atom is 0.297 e. The number of furan rings is 1. The number of tetrazole rings is 1. The van der Waals surface area contributed by atoms with E-state index in [-0.39, 0.29) is 17.8 Å². The Kier molecular flexibility index (Phi) is 4.19. The van der Waals surface area contributed by atoms with Crippen molar-refractivity contribution in [2.75, 3.05) is 12.4 Å². The van der Waals surface area contributed by atoms with Gasteiger partial charge in [0, 0.05) is 0 Å². The average molecular weight is 357 g/mol. The Morgan fingerprint density at radius 3 is 2.96 bits per heavy atom. The van der Waals surface area contributed by atoms with Crippen LogP contribution in [0.2, 0.25) is 0 Å². The Morgan fingerprint density at radius 2 is 2.27 bits per heavy atom. The van der Waals surface area contributed by atoms with Crippen molar-refractivity contribution in [3.63, 3.8) is 0 Å². The third-order valence-electron chi connectivity index (χ3n) is 4.68. The number of benzene rings is 1. The SMILES string of the molecule is COc1ccc2oc(C(=O)Nc3nn[nH]n3)c(OC3CCCC3C)c2c1. The van der Waals surface area contributed by atoms with Crippen molar-refractivity contribution in [3.8, 4) is 11.5 Å². The van der Waals surface area contributed by atoms with Gasteiger partial charge in [-0.2, -0.15) is 5.21 Å². The van der Waals surface area contributed by atoms with Crippen LogP contribution in [0.1, 0.15) is 36.7 Å². The summed E-state index contributed by atoms with van der Waals surface area (Å²) < 4.78 is 17.3. The second-order valence-corrected chi connectivity index (χ2v) is 6.38. The first-order valence-corrected chi connectivity index (χ1v) is 8.47. The predicted octanol–water partition coefficient (Wildman–Crippen LogP) is 2.77. The smallest absolute Gasteiger partial charge is 0.297 e. The van der Waals surface area contributed by atoms with E-state index in [2.05, 4.69) is 32.9 Å². The van der Waals surface area contributed by atoms with Crippen molar-refractivity contribution in [1.82, 2.24) is 20.6 Å². The molecule has 1 amide bonds. The number of rotatable bonds is 5. The molecule has 2 unspecified atom stereocenters. The molecule has 2 N–H and O–H groups in total. The number of aromatic amines is 1. The van der Waals surface area contributed by atoms with E-state index in [1.165, 1.54) is 0 Å². The van der Waals surface area contributed by atoms with Gasteiger partial charge in [-0.05, 0) is 48.6 Å². The van der Waals surface area contributed by atoms with E-state index in [0.29, 0.717) is 28.4 Å². The van der Waals surface area contributed by atoms with E-state index in [1.54, 1.807) is 25.3 Å². The van der Waals surface area contributed by atoms with Crippen LogP contribution in [0, 0.1) is 5.92 Å². The lowest BCUT2D eigenvalue weighted by Gasteiger charge is -2.17. The number of nitrogens with zero attached hydrogens (tertiary/aromatic N) is 3. The number of carbonyl (C=O) groups is 1. The van der Waals surface area contributed by atoms with Crippen LogP contribution in [0.25, 0.3) is 11.0 Å². The van der Waals surface area contributed by atoms with Crippen LogP contribution in [0.3, 0.4) is 0 Å². The molecule has 1 saturated carbocycles. The van der Waals surface area contributed by atoms with Gasteiger partial charge in [-0.3, -0.25) is 10.1 Å². The molecule has 9 heteroatoms. The van der Waals surface area contributed by atoms with Crippen LogP contribution in [-0.2, 0) is 0 Å². The standard InChI is InChI=1S/C17H19N5O4/c1-9-4-3-5-12(9)25-14-11-8-10(24-2)6-7-13(11)26-15(14)16(23)18-17-19-21-22-20-17/h6-9,12H,3-5H2,1-2H3,(H2,18,19,20,21,22,23). The molecule has 1 aliphatic carbocycles. The molecular formula is C17H19N5O4. The normalized spacial score (nSPS) is 19.6. The number of carbonyl (C=O) groups excluding carboxylic acids is 1. The first-order valence-electron chi connectivity index (χ1n) is 8.47. The molecule has 0 aliphatic heterocycles. The highest BCUT2D eigenvalue weighted by Crippen LogP contribution is 2.39. The summed E-state index contributed by atoms with van der Waals surface area (Å²) in [6, 6.07) is 5.33. The van der Waals surface area contributed by atoms with E-state index >= 15 is 0 Å². The molecule has 1 fully saturated rings. The fraction of sp³-hybridized carbons (Fsp3) is 0.412. The summed E-state index contributed by atoms with van der Waals surface area (Å²) in [5.74, 6) is 1.14. The number of ether oxygens (including phenoxy) is 2. The lowest BCUT2D eigenvalue weighted by molar-refractivity contribution is 0.0983. The monoisotopic (exact) mass is 357 g/mol. The van der Waals surface area contributed by atoms with E-state index in [4.69, 9.17) is 13.9 Å². The fourth-order valence-corrected chi connectivity index (χ4v) is 3.26. The molecule has 1 aliphatic rings. The summed E-state index contributed by atoms with van der Waals surface area (Å²) >= 11 is 0. The number of hydrogen-bond donors (Lipinski definition) is 2. The second kappa shape index (κ2) is 6.66. The van der Waals surface area contributed by atoms with Gasteiger partial charge in [0.2, 0.25) is 5.76 Å². The van der Waals surface area contributed by atoms with Gasteiger partial charge in [-0.1, -0.05) is 12.0 Å². The first kappa shape index (κ1) is 16.4. The van der Waals surface area contributed by atoms with Gasteiger partial charge in [0.05, 0.1) is 12.5 Å². The van der Waals surface area contributed by atoms with Crippen molar-refractivity contribution in [2.45, 2.75) is 32.3 Å². The third-order valence-corrected chi connectivity index (χ3v) is 4.68. The zero-order valence-corrected chi connectivity index (χ0v) is 14.5. The van der Waals surface area contributed by atoms with Crippen LogP contribution < -0.4 is 14.8 Å². The summed E-state index contributed by atoms with van der Waals surface area (Å²) in [7, 11) is 1.59. The van der Waals surface area contributed by atoms with E-state index in [0.717, 1.165) is 19.3 Å². The summed E-state index contributed by atoms with van der Waals surface area (Å²) in [5, 5.41) is 16.4. The summed E-state index contributed by atoms with van der Waals surface area (Å²) in [5.41, 5.74) is 0.546. The van der Waals surface area contributed by atoms with Gasteiger partial charge in [-0.15, -0.1) is 5.10 Å². The maximum absolute atomic E-state index is 12.7. The highest BCUT2D eigenvalue weighted by Gasteiger charge is 2.30. The minimum absolute atomic E-state index is 0.0405. The first-order chi connectivity index (χ1) is 12.7. The molecule has 4 rings (SSSR count). The van der Waals surface area contributed by atoms with Crippen LogP contribution >= 0.6 is 0 Å². The van der Waals surface area contributed by atoms with Crippen molar-refractivity contribution >= 4 is 22.8 Å². The van der Waals surface area contributed by atoms with Gasteiger partial charge < -0.3 is 13.9 Å². The highest BCUT2D eigenvalue weighted by molar-refractivity contribution is 6.07. The van der Waals surface area contributed by atoms with Crippen molar-refractivity contribution in [1.29, 1.82) is 0 Å². The molecule has 9 nitrogen and oxygen atoms in total. The number of methoxy groups -OCH3 is 1. The van der Waals surface area contributed by atoms with Crippen LogP contribution in [0.5, 0.6) is 11.5 Å². The number of hydrogen-bond acceptors (Lipinski definition) is 7. The number of anilines is 1. The van der Waals surface area contributed by atoms with Crippen molar-refractivity contribution in [3.05, 3.63) is 24.0 Å². The molecule has 0 saturated heterocycles.